The summed E-state index contributed by atoms with van der Waals surface area (Å²) < 4.78 is 7.36. The molecule has 9 heteroatoms. The number of para-hydroxylation sites is 1. The Kier molecular flexibility index (Phi) is 8.36. The lowest BCUT2D eigenvalue weighted by molar-refractivity contribution is 0.0685. The number of anilines is 2. The molecule has 3 heterocycles. The van der Waals surface area contributed by atoms with Gasteiger partial charge < -0.3 is 14.6 Å². The van der Waals surface area contributed by atoms with Crippen LogP contribution in [0.2, 0.25) is 0 Å². The maximum Gasteiger partial charge on any atom is 0.324 e. The lowest BCUT2D eigenvalue weighted by atomic mass is 9.89. The third kappa shape index (κ3) is 6.57. The average Bonchev–Trinajstić information content (AvgIpc) is 3.64. The van der Waals surface area contributed by atoms with Crippen LogP contribution >= 0.6 is 0 Å². The number of carbonyl (C=O) groups excluding carboxylic acids is 3. The first-order chi connectivity index (χ1) is 21.6. The van der Waals surface area contributed by atoms with Gasteiger partial charge >= 0.3 is 6.03 Å². The second-order valence-corrected chi connectivity index (χ2v) is 13.3. The van der Waals surface area contributed by atoms with Gasteiger partial charge in [-0.3, -0.25) is 14.9 Å². The van der Waals surface area contributed by atoms with Gasteiger partial charge in [-0.2, -0.15) is 5.10 Å². The summed E-state index contributed by atoms with van der Waals surface area (Å²) in [6.45, 7) is 9.57. The number of ketones is 1. The summed E-state index contributed by atoms with van der Waals surface area (Å²) in [5, 5.41) is 10.9. The molecule has 0 radical (unpaired) electrons. The van der Waals surface area contributed by atoms with Gasteiger partial charge in [0.25, 0.3) is 5.91 Å². The van der Waals surface area contributed by atoms with Gasteiger partial charge in [0.2, 0.25) is 0 Å². The number of carbonyl (C=O) groups is 3. The van der Waals surface area contributed by atoms with Crippen LogP contribution in [0.3, 0.4) is 0 Å². The van der Waals surface area contributed by atoms with Gasteiger partial charge in [-0.05, 0) is 62.3 Å². The van der Waals surface area contributed by atoms with E-state index in [0.717, 1.165) is 53.9 Å². The molecule has 0 saturated carbocycles. The van der Waals surface area contributed by atoms with Gasteiger partial charge in [-0.1, -0.05) is 56.7 Å². The van der Waals surface area contributed by atoms with Crippen molar-refractivity contribution in [3.8, 4) is 5.69 Å². The highest BCUT2D eigenvalue weighted by molar-refractivity contribution is 6.09. The fraction of sp³-hybridized carbons (Fsp3) is 0.389. The van der Waals surface area contributed by atoms with Crippen LogP contribution in [0.1, 0.15) is 89.8 Å². The highest BCUT2D eigenvalue weighted by atomic mass is 16.3. The highest BCUT2D eigenvalue weighted by Gasteiger charge is 2.32. The molecule has 45 heavy (non-hydrogen) atoms. The van der Waals surface area contributed by atoms with Gasteiger partial charge in [0.05, 0.1) is 22.5 Å². The molecule has 0 atom stereocenters. The van der Waals surface area contributed by atoms with Gasteiger partial charge in [-0.25, -0.2) is 9.48 Å². The number of fused-ring (bicyclic) bond motifs is 1. The predicted molar refractivity (Wildman–Crippen MR) is 174 cm³/mol. The number of urea groups is 1. The molecule has 6 rings (SSSR count). The van der Waals surface area contributed by atoms with Gasteiger partial charge in [-0.15, -0.1) is 0 Å². The van der Waals surface area contributed by atoms with Crippen LogP contribution in [0.15, 0.2) is 65.3 Å². The lowest BCUT2D eigenvalue weighted by Gasteiger charge is -2.32. The number of piperidine rings is 1. The first-order valence-electron chi connectivity index (χ1n) is 15.8. The Bertz CT molecular complexity index is 1720. The summed E-state index contributed by atoms with van der Waals surface area (Å²) in [7, 11) is 0. The molecular formula is C36H41N5O4. The van der Waals surface area contributed by atoms with Crippen molar-refractivity contribution < 1.29 is 18.8 Å². The summed E-state index contributed by atoms with van der Waals surface area (Å²) in [5.41, 5.74) is 5.42. The summed E-state index contributed by atoms with van der Waals surface area (Å²) in [6.07, 6.45) is 5.87. The lowest BCUT2D eigenvalue weighted by Crippen LogP contribution is -2.39. The largest absolute Gasteiger partial charge is 0.468 e. The Morgan fingerprint density at radius 3 is 2.47 bits per heavy atom. The SMILES string of the molecule is Cc1ccc(-n2nc(C(C)(C)C)cc2NC(=O)Nc2ccccc2CC2CCN(C(=O)c3coc4c3C(=O)CCC4)CC2)cc1. The number of likely N-dealkylation sites (tertiary alicyclic amines) is 1. The number of benzene rings is 2. The second-order valence-electron chi connectivity index (χ2n) is 13.3. The Labute approximate surface area is 264 Å². The van der Waals surface area contributed by atoms with Crippen molar-refractivity contribution in [2.24, 2.45) is 5.92 Å². The van der Waals surface area contributed by atoms with Crippen LogP contribution in [0, 0.1) is 12.8 Å². The van der Waals surface area contributed by atoms with Crippen LogP contribution < -0.4 is 10.6 Å². The fourth-order valence-electron chi connectivity index (χ4n) is 6.21. The third-order valence-electron chi connectivity index (χ3n) is 8.86. The zero-order chi connectivity index (χ0) is 31.7. The fourth-order valence-corrected chi connectivity index (χ4v) is 6.21. The maximum absolute atomic E-state index is 13.3. The van der Waals surface area contributed by atoms with Crippen LogP contribution in [-0.4, -0.2) is 45.5 Å². The van der Waals surface area contributed by atoms with E-state index in [1.165, 1.54) is 6.26 Å². The summed E-state index contributed by atoms with van der Waals surface area (Å²) in [5.74, 6) is 1.48. The Morgan fingerprint density at radius 2 is 1.73 bits per heavy atom. The number of furan rings is 1. The molecule has 234 valence electrons. The minimum atomic E-state index is -0.338. The van der Waals surface area contributed by atoms with Crippen molar-refractivity contribution in [2.45, 2.75) is 71.6 Å². The molecule has 2 N–H and O–H groups in total. The maximum atomic E-state index is 13.3. The van der Waals surface area contributed by atoms with Crippen molar-refractivity contribution in [3.63, 3.8) is 0 Å². The molecule has 2 aliphatic rings. The number of aryl methyl sites for hydroxylation is 2. The van der Waals surface area contributed by atoms with E-state index in [0.29, 0.717) is 54.6 Å². The molecule has 2 aromatic heterocycles. The molecule has 1 fully saturated rings. The number of nitrogens with zero attached hydrogens (tertiary/aromatic N) is 3. The van der Waals surface area contributed by atoms with Crippen LogP contribution in [0.25, 0.3) is 5.69 Å². The molecule has 4 aromatic rings. The third-order valence-corrected chi connectivity index (χ3v) is 8.86. The van der Waals surface area contributed by atoms with Crippen molar-refractivity contribution in [1.82, 2.24) is 14.7 Å². The van der Waals surface area contributed by atoms with Crippen molar-refractivity contribution in [1.29, 1.82) is 0 Å². The van der Waals surface area contributed by atoms with E-state index in [2.05, 4.69) is 31.4 Å². The quantitative estimate of drug-likeness (QED) is 0.239. The van der Waals surface area contributed by atoms with E-state index >= 15 is 0 Å². The highest BCUT2D eigenvalue weighted by Crippen LogP contribution is 2.31. The Hall–Kier alpha value is -4.66. The van der Waals surface area contributed by atoms with Gasteiger partial charge in [0.15, 0.2) is 5.78 Å². The number of hydrogen-bond donors (Lipinski definition) is 2. The molecule has 1 aliphatic carbocycles. The number of aromatic nitrogens is 2. The van der Waals surface area contributed by atoms with E-state index in [1.807, 2.05) is 66.4 Å². The summed E-state index contributed by atoms with van der Waals surface area (Å²) in [4.78, 5) is 41.0. The molecule has 0 spiro atoms. The second kappa shape index (κ2) is 12.4. The van der Waals surface area contributed by atoms with Crippen LogP contribution in [0.4, 0.5) is 16.3 Å². The standard InChI is InChI=1S/C36H41N5O4/c1-23-12-14-26(15-13-23)41-32(21-31(39-41)36(2,3)4)38-35(44)37-28-9-6-5-8-25(28)20-24-16-18-40(19-17-24)34(43)27-22-45-30-11-7-10-29(42)33(27)30/h5-6,8-9,12-15,21-22,24H,7,10-11,16-20H2,1-4H3,(H2,37,38,44). The van der Waals surface area contributed by atoms with E-state index in [9.17, 15) is 14.4 Å². The normalized spacial score (nSPS) is 15.6. The molecule has 2 aromatic carbocycles. The van der Waals surface area contributed by atoms with E-state index in [1.54, 1.807) is 4.68 Å². The molecule has 1 aliphatic heterocycles. The number of nitrogens with one attached hydrogen (secondary N) is 2. The first-order valence-corrected chi connectivity index (χ1v) is 15.8. The van der Waals surface area contributed by atoms with E-state index in [-0.39, 0.29) is 23.1 Å². The minimum absolute atomic E-state index is 0.00521. The topological polar surface area (TPSA) is 109 Å². The van der Waals surface area contributed by atoms with Crippen molar-refractivity contribution >= 4 is 29.2 Å². The molecule has 3 amide bonds. The zero-order valence-electron chi connectivity index (χ0n) is 26.5. The number of hydrogen-bond acceptors (Lipinski definition) is 5. The number of rotatable bonds is 6. The predicted octanol–water partition coefficient (Wildman–Crippen LogP) is 7.33. The number of amides is 3. The minimum Gasteiger partial charge on any atom is -0.468 e. The Balaban J connectivity index is 1.10. The first kappa shape index (κ1) is 30.4. The molecular weight excluding hydrogens is 566 g/mol. The Morgan fingerprint density at radius 1 is 1.00 bits per heavy atom. The van der Waals surface area contributed by atoms with Crippen molar-refractivity contribution in [3.05, 3.63) is 94.6 Å². The summed E-state index contributed by atoms with van der Waals surface area (Å²) in [6, 6.07) is 17.5. The zero-order valence-corrected chi connectivity index (χ0v) is 26.5. The molecule has 0 bridgehead atoms. The van der Waals surface area contributed by atoms with E-state index in [4.69, 9.17) is 9.52 Å². The van der Waals surface area contributed by atoms with Crippen LogP contribution in [-0.2, 0) is 18.3 Å². The van der Waals surface area contributed by atoms with Gasteiger partial charge in [0.1, 0.15) is 17.8 Å². The van der Waals surface area contributed by atoms with Crippen molar-refractivity contribution in [2.75, 3.05) is 23.7 Å². The molecule has 9 nitrogen and oxygen atoms in total. The van der Waals surface area contributed by atoms with Gasteiger partial charge in [0, 0.05) is 43.1 Å². The van der Waals surface area contributed by atoms with Crippen LogP contribution in [0.5, 0.6) is 0 Å². The monoisotopic (exact) mass is 607 g/mol. The average molecular weight is 608 g/mol. The summed E-state index contributed by atoms with van der Waals surface area (Å²) >= 11 is 0. The smallest absolute Gasteiger partial charge is 0.324 e. The molecule has 1 saturated heterocycles. The number of Topliss-reactive ketones (excluding diaryl/α,β-unsaturated/α-hetero) is 1. The van der Waals surface area contributed by atoms with E-state index < -0.39 is 0 Å². The molecule has 0 unspecified atom stereocenters.